The second kappa shape index (κ2) is 4.78. The molecule has 2 N–H and O–H groups in total. The molecule has 0 aliphatic carbocycles. The van der Waals surface area contributed by atoms with Crippen LogP contribution in [0.1, 0.15) is 18.7 Å². The number of phenolic OH excluding ortho intramolecular Hbond substituents is 1. The molecule has 1 atom stereocenters. The van der Waals surface area contributed by atoms with Crippen LogP contribution in [0.15, 0.2) is 28.8 Å². The first-order chi connectivity index (χ1) is 8.81. The van der Waals surface area contributed by atoms with E-state index in [-0.39, 0.29) is 5.75 Å². The van der Waals surface area contributed by atoms with Crippen molar-refractivity contribution in [3.05, 3.63) is 30.2 Å². The number of nitrogens with one attached hydrogen (secondary N) is 1. The van der Waals surface area contributed by atoms with Crippen molar-refractivity contribution >= 4 is 0 Å². The highest BCUT2D eigenvalue weighted by Crippen LogP contribution is 2.21. The van der Waals surface area contributed by atoms with E-state index in [1.54, 1.807) is 18.2 Å². The summed E-state index contributed by atoms with van der Waals surface area (Å²) >= 11 is 0. The molecule has 1 fully saturated rings. The molecule has 0 radical (unpaired) electrons. The first-order valence-corrected chi connectivity index (χ1v) is 6.16. The summed E-state index contributed by atoms with van der Waals surface area (Å²) < 4.78 is 5.24. The molecule has 5 nitrogen and oxygen atoms in total. The van der Waals surface area contributed by atoms with E-state index < -0.39 is 0 Å². The molecule has 2 heterocycles. The second-order valence-electron chi connectivity index (χ2n) is 4.56. The highest BCUT2D eigenvalue weighted by Gasteiger charge is 2.18. The summed E-state index contributed by atoms with van der Waals surface area (Å²) in [5.41, 5.74) is 0.768. The van der Waals surface area contributed by atoms with Crippen LogP contribution in [0.3, 0.4) is 0 Å². The molecule has 2 aromatic rings. The summed E-state index contributed by atoms with van der Waals surface area (Å²) in [5.74, 6) is 1.38. The zero-order chi connectivity index (χ0) is 12.4. The smallest absolute Gasteiger partial charge is 0.228 e. The number of hydrogen-bond donors (Lipinski definition) is 2. The van der Waals surface area contributed by atoms with Gasteiger partial charge in [-0.1, -0.05) is 17.3 Å². The maximum absolute atomic E-state index is 9.41. The van der Waals surface area contributed by atoms with Crippen molar-refractivity contribution in [2.45, 2.75) is 25.3 Å². The van der Waals surface area contributed by atoms with Crippen LogP contribution in [0.2, 0.25) is 0 Å². The topological polar surface area (TPSA) is 71.2 Å². The van der Waals surface area contributed by atoms with Crippen molar-refractivity contribution in [1.82, 2.24) is 15.5 Å². The van der Waals surface area contributed by atoms with Gasteiger partial charge in [0.05, 0.1) is 0 Å². The van der Waals surface area contributed by atoms with Crippen LogP contribution in [0.5, 0.6) is 5.75 Å². The second-order valence-corrected chi connectivity index (χ2v) is 4.56. The monoisotopic (exact) mass is 245 g/mol. The molecule has 18 heavy (non-hydrogen) atoms. The Labute approximate surface area is 105 Å². The number of rotatable bonds is 3. The van der Waals surface area contributed by atoms with Crippen molar-refractivity contribution in [1.29, 1.82) is 0 Å². The van der Waals surface area contributed by atoms with E-state index >= 15 is 0 Å². The Morgan fingerprint density at radius 1 is 1.44 bits per heavy atom. The minimum Gasteiger partial charge on any atom is -0.508 e. The number of aromatic hydroxyl groups is 1. The van der Waals surface area contributed by atoms with Gasteiger partial charge in [-0.15, -0.1) is 0 Å². The molecule has 5 heteroatoms. The molecule has 0 spiro atoms. The van der Waals surface area contributed by atoms with Gasteiger partial charge >= 0.3 is 0 Å². The summed E-state index contributed by atoms with van der Waals surface area (Å²) in [6.45, 7) is 1.07. The van der Waals surface area contributed by atoms with E-state index in [2.05, 4.69) is 15.5 Å². The van der Waals surface area contributed by atoms with Crippen molar-refractivity contribution in [3.8, 4) is 17.1 Å². The summed E-state index contributed by atoms with van der Waals surface area (Å²) in [7, 11) is 0. The standard InChI is InChI=1S/C13H15N3O2/c17-11-5-1-3-9(7-11)13-15-12(18-16-13)8-10-4-2-6-14-10/h1,3,5,7,10,14,17H,2,4,6,8H2. The lowest BCUT2D eigenvalue weighted by molar-refractivity contribution is 0.364. The van der Waals surface area contributed by atoms with Crippen LogP contribution >= 0.6 is 0 Å². The molecule has 3 rings (SSSR count). The summed E-state index contributed by atoms with van der Waals surface area (Å²) in [4.78, 5) is 4.36. The van der Waals surface area contributed by atoms with Gasteiger partial charge < -0.3 is 14.9 Å². The van der Waals surface area contributed by atoms with E-state index in [4.69, 9.17) is 4.52 Å². The van der Waals surface area contributed by atoms with Gasteiger partial charge in [-0.05, 0) is 31.5 Å². The number of benzene rings is 1. The molecule has 1 aromatic heterocycles. The van der Waals surface area contributed by atoms with Crippen LogP contribution in [-0.4, -0.2) is 27.8 Å². The molecule has 1 saturated heterocycles. The minimum absolute atomic E-state index is 0.205. The highest BCUT2D eigenvalue weighted by molar-refractivity contribution is 5.56. The van der Waals surface area contributed by atoms with Crippen molar-refractivity contribution in [2.75, 3.05) is 6.54 Å². The first kappa shape index (κ1) is 11.2. The quantitative estimate of drug-likeness (QED) is 0.861. The van der Waals surface area contributed by atoms with Crippen LogP contribution < -0.4 is 5.32 Å². The Morgan fingerprint density at radius 2 is 2.39 bits per heavy atom. The third-order valence-electron chi connectivity index (χ3n) is 3.16. The summed E-state index contributed by atoms with van der Waals surface area (Å²) in [5, 5.41) is 16.8. The van der Waals surface area contributed by atoms with Gasteiger partial charge in [0, 0.05) is 18.0 Å². The fourth-order valence-electron chi connectivity index (χ4n) is 2.24. The average Bonchev–Trinajstić information content (AvgIpc) is 3.01. The van der Waals surface area contributed by atoms with Crippen LogP contribution in [0, 0.1) is 0 Å². The Balaban J connectivity index is 1.76. The van der Waals surface area contributed by atoms with Crippen molar-refractivity contribution in [3.63, 3.8) is 0 Å². The Morgan fingerprint density at radius 3 is 3.17 bits per heavy atom. The molecule has 1 aromatic carbocycles. The summed E-state index contributed by atoms with van der Waals surface area (Å²) in [6, 6.07) is 7.30. The highest BCUT2D eigenvalue weighted by atomic mass is 16.5. The van der Waals surface area contributed by atoms with Crippen LogP contribution in [-0.2, 0) is 6.42 Å². The fourth-order valence-corrected chi connectivity index (χ4v) is 2.24. The molecule has 0 amide bonds. The number of phenols is 1. The fraction of sp³-hybridized carbons (Fsp3) is 0.385. The van der Waals surface area contributed by atoms with E-state index in [0.29, 0.717) is 17.8 Å². The van der Waals surface area contributed by atoms with Gasteiger partial charge in [-0.2, -0.15) is 4.98 Å². The number of aromatic nitrogens is 2. The molecule has 94 valence electrons. The molecule has 0 bridgehead atoms. The normalized spacial score (nSPS) is 19.2. The predicted molar refractivity (Wildman–Crippen MR) is 66.1 cm³/mol. The van der Waals surface area contributed by atoms with Gasteiger partial charge in [0.1, 0.15) is 5.75 Å². The predicted octanol–water partition coefficient (Wildman–Crippen LogP) is 1.74. The third kappa shape index (κ3) is 2.36. The van der Waals surface area contributed by atoms with E-state index in [1.807, 2.05) is 6.07 Å². The number of nitrogens with zero attached hydrogens (tertiary/aromatic N) is 2. The lowest BCUT2D eigenvalue weighted by Crippen LogP contribution is -2.23. The van der Waals surface area contributed by atoms with Gasteiger partial charge in [0.2, 0.25) is 11.7 Å². The SMILES string of the molecule is Oc1cccc(-c2noc(CC3CCCN3)n2)c1. The maximum atomic E-state index is 9.41. The zero-order valence-electron chi connectivity index (χ0n) is 9.97. The van der Waals surface area contributed by atoms with Crippen molar-refractivity contribution < 1.29 is 9.63 Å². The molecular weight excluding hydrogens is 230 g/mol. The molecule has 1 unspecified atom stereocenters. The van der Waals surface area contributed by atoms with Crippen LogP contribution in [0.4, 0.5) is 0 Å². The van der Waals surface area contributed by atoms with Crippen LogP contribution in [0.25, 0.3) is 11.4 Å². The van der Waals surface area contributed by atoms with E-state index in [1.165, 1.54) is 6.42 Å². The van der Waals surface area contributed by atoms with Gasteiger partial charge in [0.15, 0.2) is 0 Å². The molecule has 1 aliphatic rings. The first-order valence-electron chi connectivity index (χ1n) is 6.16. The Bertz CT molecular complexity index is 533. The minimum atomic E-state index is 0.205. The van der Waals surface area contributed by atoms with Gasteiger partial charge in [0.25, 0.3) is 0 Å². The lowest BCUT2D eigenvalue weighted by atomic mass is 10.1. The van der Waals surface area contributed by atoms with Gasteiger partial charge in [-0.3, -0.25) is 0 Å². The zero-order valence-corrected chi connectivity index (χ0v) is 9.97. The van der Waals surface area contributed by atoms with E-state index in [9.17, 15) is 5.11 Å². The third-order valence-corrected chi connectivity index (χ3v) is 3.16. The lowest BCUT2D eigenvalue weighted by Gasteiger charge is -2.04. The maximum Gasteiger partial charge on any atom is 0.228 e. The number of hydrogen-bond acceptors (Lipinski definition) is 5. The summed E-state index contributed by atoms with van der Waals surface area (Å²) in [6.07, 6.45) is 3.13. The van der Waals surface area contributed by atoms with Crippen molar-refractivity contribution in [2.24, 2.45) is 0 Å². The Hall–Kier alpha value is -1.88. The largest absolute Gasteiger partial charge is 0.508 e. The molecular formula is C13H15N3O2. The van der Waals surface area contributed by atoms with E-state index in [0.717, 1.165) is 24.9 Å². The average molecular weight is 245 g/mol. The molecule has 0 saturated carbocycles. The van der Waals surface area contributed by atoms with Gasteiger partial charge in [-0.25, -0.2) is 0 Å². The Kier molecular flexibility index (Phi) is 2.98. The molecule has 1 aliphatic heterocycles.